The lowest BCUT2D eigenvalue weighted by Gasteiger charge is -2.23. The summed E-state index contributed by atoms with van der Waals surface area (Å²) >= 11 is 5.70. The summed E-state index contributed by atoms with van der Waals surface area (Å²) in [4.78, 5) is 28.4. The molecule has 1 N–H and O–H groups in total. The number of rotatable bonds is 11. The molecule has 1 atom stereocenters. The van der Waals surface area contributed by atoms with Crippen LogP contribution >= 0.6 is 11.6 Å². The van der Waals surface area contributed by atoms with Crippen molar-refractivity contribution < 1.29 is 19.2 Å². The standard InChI is InChI=1S/C22H23NO3.C11H15ClN4O2/c1-21(2)19(22(21,3)4)20(24)26-18(14-23)15-9-8-12-17(13-15)25-16-10-6-5-7-11-16;1-3-15(11(13-2)8-16(17)18)7-9-4-5-10(12)14-6-9/h5-13,18-19H,1-4H3;4-6,8,13H,3,7H2,1-2H3/b;11-8+. The quantitative estimate of drug-likeness (QED) is 0.103. The predicted molar refractivity (Wildman–Crippen MR) is 168 cm³/mol. The molecule has 0 spiro atoms. The first-order chi connectivity index (χ1) is 20.8. The fourth-order valence-corrected chi connectivity index (χ4v) is 5.11. The van der Waals surface area contributed by atoms with E-state index in [1.54, 1.807) is 43.6 Å². The fourth-order valence-electron chi connectivity index (χ4n) is 5.00. The Morgan fingerprint density at radius 2 is 1.80 bits per heavy atom. The number of halogens is 1. The normalized spacial score (nSPS) is 15.5. The highest BCUT2D eigenvalue weighted by Crippen LogP contribution is 2.68. The third-order valence-corrected chi connectivity index (χ3v) is 8.34. The van der Waals surface area contributed by atoms with Crippen molar-refractivity contribution in [1.82, 2.24) is 15.2 Å². The second-order valence-electron chi connectivity index (χ2n) is 11.4. The minimum atomic E-state index is -0.950. The molecule has 1 unspecified atom stereocenters. The number of esters is 1. The number of pyridine rings is 1. The first kappa shape index (κ1) is 33.9. The Kier molecular flexibility index (Phi) is 11.3. The summed E-state index contributed by atoms with van der Waals surface area (Å²) in [6.07, 6.45) is 1.66. The highest BCUT2D eigenvalue weighted by atomic mass is 35.5. The Bertz CT molecular complexity index is 1490. The van der Waals surface area contributed by atoms with Crippen LogP contribution in [-0.2, 0) is 16.1 Å². The smallest absolute Gasteiger partial charge is 0.311 e. The van der Waals surface area contributed by atoms with Crippen LogP contribution in [0.15, 0.2) is 84.9 Å². The van der Waals surface area contributed by atoms with Crippen molar-refractivity contribution in [3.8, 4) is 17.6 Å². The number of hydrogen-bond donors (Lipinski definition) is 1. The van der Waals surface area contributed by atoms with Gasteiger partial charge in [0.25, 0.3) is 6.20 Å². The second-order valence-corrected chi connectivity index (χ2v) is 11.8. The fraction of sp³-hybridized carbons (Fsp3) is 0.364. The number of nitrogens with zero attached hydrogens (tertiary/aromatic N) is 4. The maximum Gasteiger partial charge on any atom is 0.311 e. The van der Waals surface area contributed by atoms with Crippen molar-refractivity contribution in [3.63, 3.8) is 0 Å². The van der Waals surface area contributed by atoms with E-state index in [1.165, 1.54) is 0 Å². The Balaban J connectivity index is 0.000000259. The second kappa shape index (κ2) is 14.7. The maximum atomic E-state index is 12.6. The average molecular weight is 620 g/mol. The molecule has 0 amide bonds. The van der Waals surface area contributed by atoms with Crippen LogP contribution in [0.2, 0.25) is 5.15 Å². The molecule has 3 aromatic rings. The number of nitro groups is 1. The van der Waals surface area contributed by atoms with Crippen molar-refractivity contribution >= 4 is 17.6 Å². The van der Waals surface area contributed by atoms with Gasteiger partial charge in [-0.1, -0.05) is 75.7 Å². The van der Waals surface area contributed by atoms with E-state index in [9.17, 15) is 20.2 Å². The molecule has 1 saturated carbocycles. The van der Waals surface area contributed by atoms with Gasteiger partial charge in [-0.3, -0.25) is 14.9 Å². The number of benzene rings is 2. The van der Waals surface area contributed by atoms with E-state index in [0.717, 1.165) is 11.8 Å². The molecule has 2 aromatic carbocycles. The molecule has 44 heavy (non-hydrogen) atoms. The summed E-state index contributed by atoms with van der Waals surface area (Å²) < 4.78 is 11.3. The van der Waals surface area contributed by atoms with Crippen molar-refractivity contribution in [2.75, 3.05) is 13.6 Å². The lowest BCUT2D eigenvalue weighted by Crippen LogP contribution is -2.30. The highest BCUT2D eigenvalue weighted by Gasteiger charge is 2.69. The Hall–Kier alpha value is -4.62. The van der Waals surface area contributed by atoms with Gasteiger partial charge in [0.05, 0.1) is 10.8 Å². The zero-order valence-electron chi connectivity index (χ0n) is 25.8. The predicted octanol–water partition coefficient (Wildman–Crippen LogP) is 7.12. The lowest BCUT2D eigenvalue weighted by atomic mass is 10.0. The summed E-state index contributed by atoms with van der Waals surface area (Å²) in [7, 11) is 1.65. The third-order valence-electron chi connectivity index (χ3n) is 8.12. The minimum Gasteiger partial charge on any atom is -0.457 e. The maximum absolute atomic E-state index is 12.6. The first-order valence-corrected chi connectivity index (χ1v) is 14.5. The number of aromatic nitrogens is 1. The van der Waals surface area contributed by atoms with Crippen molar-refractivity contribution in [3.05, 3.63) is 111 Å². The van der Waals surface area contributed by atoms with E-state index < -0.39 is 11.0 Å². The van der Waals surface area contributed by atoms with Gasteiger partial charge < -0.3 is 19.7 Å². The Morgan fingerprint density at radius 3 is 2.32 bits per heavy atom. The zero-order chi connectivity index (χ0) is 32.5. The molecule has 1 fully saturated rings. The monoisotopic (exact) mass is 619 g/mol. The lowest BCUT2D eigenvalue weighted by molar-refractivity contribution is -0.404. The van der Waals surface area contributed by atoms with Gasteiger partial charge in [-0.15, -0.1) is 0 Å². The number of para-hydroxylation sites is 1. The van der Waals surface area contributed by atoms with Crippen LogP contribution in [0.4, 0.5) is 0 Å². The van der Waals surface area contributed by atoms with Crippen LogP contribution in [0, 0.1) is 38.2 Å². The van der Waals surface area contributed by atoms with E-state index in [2.05, 4.69) is 44.1 Å². The summed E-state index contributed by atoms with van der Waals surface area (Å²) in [5.41, 5.74) is 1.29. The Labute approximate surface area is 263 Å². The van der Waals surface area contributed by atoms with E-state index in [0.29, 0.717) is 41.1 Å². The van der Waals surface area contributed by atoms with Gasteiger partial charge in [-0.25, -0.2) is 4.98 Å². The van der Waals surface area contributed by atoms with Gasteiger partial charge in [-0.2, -0.15) is 5.26 Å². The molecule has 0 aliphatic heterocycles. The number of nitrogens with one attached hydrogen (secondary N) is 1. The summed E-state index contributed by atoms with van der Waals surface area (Å²) in [6, 6.07) is 22.1. The van der Waals surface area contributed by atoms with E-state index in [1.807, 2.05) is 48.2 Å². The molecular weight excluding hydrogens is 582 g/mol. The third kappa shape index (κ3) is 8.48. The molecule has 232 valence electrons. The van der Waals surface area contributed by atoms with Crippen LogP contribution < -0.4 is 10.1 Å². The molecule has 11 heteroatoms. The average Bonchev–Trinajstić information content (AvgIpc) is 3.42. The number of hydrogen-bond acceptors (Lipinski definition) is 9. The molecule has 10 nitrogen and oxygen atoms in total. The number of carbonyl (C=O) groups excluding carboxylic acids is 1. The van der Waals surface area contributed by atoms with Crippen LogP contribution in [0.5, 0.6) is 11.5 Å². The van der Waals surface area contributed by atoms with Gasteiger partial charge in [0.2, 0.25) is 6.10 Å². The van der Waals surface area contributed by atoms with Crippen LogP contribution in [0.3, 0.4) is 0 Å². The van der Waals surface area contributed by atoms with Gasteiger partial charge in [0, 0.05) is 31.9 Å². The van der Waals surface area contributed by atoms with Gasteiger partial charge >= 0.3 is 5.97 Å². The molecule has 0 radical (unpaired) electrons. The molecule has 0 bridgehead atoms. The zero-order valence-corrected chi connectivity index (χ0v) is 26.5. The van der Waals surface area contributed by atoms with E-state index in [-0.39, 0.29) is 22.7 Å². The molecule has 1 aromatic heterocycles. The number of nitriles is 1. The molecule has 1 heterocycles. The van der Waals surface area contributed by atoms with Crippen LogP contribution in [-0.4, -0.2) is 34.4 Å². The first-order valence-electron chi connectivity index (χ1n) is 14.2. The SMILES string of the molecule is CC1(C)C(C(=O)OC(C#N)c2cccc(Oc3ccccc3)c2)C1(C)C.CCN(Cc1ccc(Cl)nc1)/C(=C/[N+](=O)[O-])NC. The highest BCUT2D eigenvalue weighted by molar-refractivity contribution is 6.29. The van der Waals surface area contributed by atoms with Crippen molar-refractivity contribution in [1.29, 1.82) is 5.26 Å². The molecule has 0 saturated heterocycles. The van der Waals surface area contributed by atoms with Crippen LogP contribution in [0.1, 0.15) is 51.8 Å². The summed E-state index contributed by atoms with van der Waals surface area (Å²) in [6.45, 7) is 11.3. The summed E-state index contributed by atoms with van der Waals surface area (Å²) in [5, 5.41) is 23.3. The molecule has 1 aliphatic rings. The van der Waals surface area contributed by atoms with Crippen molar-refractivity contribution in [2.24, 2.45) is 16.7 Å². The van der Waals surface area contributed by atoms with Crippen LogP contribution in [0.25, 0.3) is 0 Å². The van der Waals surface area contributed by atoms with Crippen molar-refractivity contribution in [2.45, 2.75) is 47.3 Å². The number of ether oxygens (including phenoxy) is 2. The van der Waals surface area contributed by atoms with Gasteiger partial charge in [-0.05, 0) is 53.6 Å². The Morgan fingerprint density at radius 1 is 1.14 bits per heavy atom. The molecule has 4 rings (SSSR count). The summed E-state index contributed by atoms with van der Waals surface area (Å²) in [5.74, 6) is 1.24. The number of carbonyl (C=O) groups is 1. The molecular formula is C33H38ClN5O5. The topological polar surface area (TPSA) is 131 Å². The van der Waals surface area contributed by atoms with Gasteiger partial charge in [0.15, 0.2) is 5.82 Å². The van der Waals surface area contributed by atoms with E-state index in [4.69, 9.17) is 21.1 Å². The van der Waals surface area contributed by atoms with Gasteiger partial charge in [0.1, 0.15) is 22.7 Å². The largest absolute Gasteiger partial charge is 0.457 e. The van der Waals surface area contributed by atoms with E-state index >= 15 is 0 Å². The molecule has 1 aliphatic carbocycles. The minimum absolute atomic E-state index is 0.123.